The van der Waals surface area contributed by atoms with Crippen molar-refractivity contribution in [2.24, 2.45) is 10.7 Å². The van der Waals surface area contributed by atoms with Crippen molar-refractivity contribution in [1.82, 2.24) is 0 Å². The molecule has 0 aromatic heterocycles. The lowest BCUT2D eigenvalue weighted by molar-refractivity contribution is 0.485. The van der Waals surface area contributed by atoms with Gasteiger partial charge in [-0.1, -0.05) is 6.08 Å². The molecule has 1 rings (SSSR count). The molecule has 0 spiro atoms. The van der Waals surface area contributed by atoms with Crippen molar-refractivity contribution in [2.75, 3.05) is 23.9 Å². The van der Waals surface area contributed by atoms with Crippen LogP contribution in [-0.4, -0.2) is 44.1 Å². The molecule has 1 heterocycles. The summed E-state index contributed by atoms with van der Waals surface area (Å²) < 4.78 is 23.1. The first-order valence-corrected chi connectivity index (χ1v) is 7.59. The predicted octanol–water partition coefficient (Wildman–Crippen LogP) is 0.758. The molecule has 1 atom stereocenters. The number of nitrogens with two attached hydrogens (primary N) is 1. The number of hydrogen-bond acceptors (Lipinski definition) is 4. The summed E-state index contributed by atoms with van der Waals surface area (Å²) >= 11 is 5.43. The number of alkyl halides is 1. The quantitative estimate of drug-likeness (QED) is 0.690. The molecule has 92 valence electrons. The van der Waals surface area contributed by atoms with Crippen LogP contribution in [0, 0.1) is 0 Å². The van der Waals surface area contributed by atoms with Gasteiger partial charge < -0.3 is 5.73 Å². The van der Waals surface area contributed by atoms with Crippen molar-refractivity contribution in [3.63, 3.8) is 0 Å². The minimum absolute atomic E-state index is 0.0285. The maximum Gasteiger partial charge on any atom is 0.151 e. The van der Waals surface area contributed by atoms with Crippen LogP contribution in [0.5, 0.6) is 0 Å². The number of nitrogens with zero attached hydrogens (tertiary/aromatic N) is 1. The van der Waals surface area contributed by atoms with Gasteiger partial charge in [-0.2, -0.15) is 0 Å². The van der Waals surface area contributed by atoms with E-state index in [4.69, 9.17) is 17.3 Å². The maximum absolute atomic E-state index is 11.5. The summed E-state index contributed by atoms with van der Waals surface area (Å²) in [5.74, 6) is 0.285. The first-order chi connectivity index (χ1) is 7.54. The summed E-state index contributed by atoms with van der Waals surface area (Å²) in [7, 11) is -3.06. The molecule has 0 saturated carbocycles. The van der Waals surface area contributed by atoms with E-state index < -0.39 is 15.4 Å². The van der Waals surface area contributed by atoms with Crippen molar-refractivity contribution in [3.05, 3.63) is 12.2 Å². The summed E-state index contributed by atoms with van der Waals surface area (Å²) in [4.78, 5) is 4.31. The van der Waals surface area contributed by atoms with Crippen molar-refractivity contribution in [2.45, 2.75) is 18.4 Å². The van der Waals surface area contributed by atoms with E-state index in [0.717, 1.165) is 0 Å². The largest absolute Gasteiger partial charge is 0.330 e. The lowest BCUT2D eigenvalue weighted by Crippen LogP contribution is -2.29. The molecule has 1 aliphatic rings. The third-order valence-corrected chi connectivity index (χ3v) is 4.70. The van der Waals surface area contributed by atoms with E-state index in [9.17, 15) is 8.42 Å². The van der Waals surface area contributed by atoms with Crippen LogP contribution >= 0.6 is 11.6 Å². The minimum Gasteiger partial charge on any atom is -0.330 e. The minimum atomic E-state index is -3.06. The van der Waals surface area contributed by atoms with E-state index in [0.29, 0.717) is 19.4 Å². The van der Waals surface area contributed by atoms with E-state index in [1.54, 1.807) is 6.21 Å². The van der Waals surface area contributed by atoms with Crippen LogP contribution < -0.4 is 5.73 Å². The molecule has 2 N–H and O–H groups in total. The average Bonchev–Trinajstić information content (AvgIpc) is 2.65. The molecule has 0 fully saturated rings. The zero-order valence-corrected chi connectivity index (χ0v) is 10.7. The van der Waals surface area contributed by atoms with E-state index >= 15 is 0 Å². The molecular formula is C10H17ClN2O2S. The second-order valence-corrected chi connectivity index (χ2v) is 6.55. The SMILES string of the molecule is NCCC1(CCS(=O)(=O)CCCl)C=CC=N1. The second-order valence-electron chi connectivity index (χ2n) is 3.87. The van der Waals surface area contributed by atoms with Gasteiger partial charge in [0.2, 0.25) is 0 Å². The number of allylic oxidation sites excluding steroid dienone is 1. The summed E-state index contributed by atoms with van der Waals surface area (Å²) in [6.07, 6.45) is 6.62. The number of sulfone groups is 1. The fourth-order valence-electron chi connectivity index (χ4n) is 1.68. The molecular weight excluding hydrogens is 248 g/mol. The lowest BCUT2D eigenvalue weighted by Gasteiger charge is -2.23. The predicted molar refractivity (Wildman–Crippen MR) is 68.0 cm³/mol. The van der Waals surface area contributed by atoms with Gasteiger partial charge in [-0.25, -0.2) is 8.42 Å². The van der Waals surface area contributed by atoms with Gasteiger partial charge in [0.15, 0.2) is 9.84 Å². The Hall–Kier alpha value is -0.390. The van der Waals surface area contributed by atoms with E-state index in [1.165, 1.54) is 0 Å². The number of aliphatic imine (C=N–C) groups is 1. The maximum atomic E-state index is 11.5. The highest BCUT2D eigenvalue weighted by Crippen LogP contribution is 2.25. The Balaban J connectivity index is 2.58. The normalized spacial score (nSPS) is 24.1. The van der Waals surface area contributed by atoms with E-state index in [1.807, 2.05) is 12.2 Å². The molecule has 16 heavy (non-hydrogen) atoms. The molecule has 0 aliphatic carbocycles. The standard InChI is InChI=1S/C10H17ClN2O2S/c11-5-9-16(14,15)8-4-10(3-6-12)2-1-7-13-10/h1-2,7H,3-6,8-9,12H2. The fourth-order valence-corrected chi connectivity index (χ4v) is 3.49. The topological polar surface area (TPSA) is 72.5 Å². The Morgan fingerprint density at radius 3 is 2.56 bits per heavy atom. The molecule has 4 nitrogen and oxygen atoms in total. The molecule has 0 aromatic rings. The van der Waals surface area contributed by atoms with Crippen molar-refractivity contribution < 1.29 is 8.42 Å². The number of halogens is 1. The highest BCUT2D eigenvalue weighted by atomic mass is 35.5. The van der Waals surface area contributed by atoms with Crippen LogP contribution in [0.15, 0.2) is 17.1 Å². The lowest BCUT2D eigenvalue weighted by atomic mass is 9.94. The molecule has 0 bridgehead atoms. The van der Waals surface area contributed by atoms with Crippen molar-refractivity contribution in [3.8, 4) is 0 Å². The molecule has 1 unspecified atom stereocenters. The molecule has 0 saturated heterocycles. The number of hydrogen-bond donors (Lipinski definition) is 1. The van der Waals surface area contributed by atoms with Crippen LogP contribution in [0.4, 0.5) is 0 Å². The summed E-state index contributed by atoms with van der Waals surface area (Å²) in [6.45, 7) is 0.497. The summed E-state index contributed by atoms with van der Waals surface area (Å²) in [6, 6.07) is 0. The highest BCUT2D eigenvalue weighted by molar-refractivity contribution is 7.91. The Bertz CT molecular complexity index is 364. The Morgan fingerprint density at radius 2 is 2.06 bits per heavy atom. The summed E-state index contributed by atoms with van der Waals surface area (Å²) in [5, 5.41) is 0. The van der Waals surface area contributed by atoms with Crippen molar-refractivity contribution >= 4 is 27.7 Å². The third-order valence-electron chi connectivity index (χ3n) is 2.64. The van der Waals surface area contributed by atoms with Gasteiger partial charge in [0.1, 0.15) is 0 Å². The Labute approximate surface area is 101 Å². The average molecular weight is 265 g/mol. The van der Waals surface area contributed by atoms with E-state index in [-0.39, 0.29) is 17.4 Å². The van der Waals surface area contributed by atoms with Gasteiger partial charge in [0, 0.05) is 12.1 Å². The zero-order chi connectivity index (χ0) is 12.1. The fraction of sp³-hybridized carbons (Fsp3) is 0.700. The monoisotopic (exact) mass is 264 g/mol. The van der Waals surface area contributed by atoms with Gasteiger partial charge in [0.05, 0.1) is 17.0 Å². The summed E-state index contributed by atoms with van der Waals surface area (Å²) in [5.41, 5.74) is 5.10. The van der Waals surface area contributed by atoms with Crippen LogP contribution in [-0.2, 0) is 9.84 Å². The zero-order valence-electron chi connectivity index (χ0n) is 9.10. The molecule has 6 heteroatoms. The van der Waals surface area contributed by atoms with Gasteiger partial charge in [-0.15, -0.1) is 11.6 Å². The first kappa shape index (κ1) is 13.7. The Morgan fingerprint density at radius 1 is 1.31 bits per heavy atom. The van der Waals surface area contributed by atoms with Gasteiger partial charge in [-0.05, 0) is 25.5 Å². The van der Waals surface area contributed by atoms with Gasteiger partial charge >= 0.3 is 0 Å². The molecule has 0 radical (unpaired) electrons. The molecule has 0 aromatic carbocycles. The Kier molecular flexibility index (Phi) is 4.95. The third kappa shape index (κ3) is 3.88. The van der Waals surface area contributed by atoms with E-state index in [2.05, 4.69) is 4.99 Å². The van der Waals surface area contributed by atoms with Gasteiger partial charge in [0.25, 0.3) is 0 Å². The second kappa shape index (κ2) is 5.80. The van der Waals surface area contributed by atoms with Crippen LogP contribution in [0.3, 0.4) is 0 Å². The first-order valence-electron chi connectivity index (χ1n) is 5.23. The van der Waals surface area contributed by atoms with Gasteiger partial charge in [-0.3, -0.25) is 4.99 Å². The van der Waals surface area contributed by atoms with Crippen LogP contribution in [0.2, 0.25) is 0 Å². The molecule has 1 aliphatic heterocycles. The number of rotatable bonds is 7. The van der Waals surface area contributed by atoms with Crippen LogP contribution in [0.25, 0.3) is 0 Å². The highest BCUT2D eigenvalue weighted by Gasteiger charge is 2.28. The van der Waals surface area contributed by atoms with Crippen LogP contribution in [0.1, 0.15) is 12.8 Å². The van der Waals surface area contributed by atoms with Crippen molar-refractivity contribution in [1.29, 1.82) is 0 Å². The smallest absolute Gasteiger partial charge is 0.151 e. The molecule has 0 amide bonds.